The molecule has 0 aliphatic rings. The lowest BCUT2D eigenvalue weighted by molar-refractivity contribution is -0.141. The van der Waals surface area contributed by atoms with Gasteiger partial charge in [0, 0.05) is 30.6 Å². The number of hydrogen-bond acceptors (Lipinski definition) is 4. The van der Waals surface area contributed by atoms with Crippen molar-refractivity contribution in [3.05, 3.63) is 64.2 Å². The van der Waals surface area contributed by atoms with Crippen LogP contribution in [0.2, 0.25) is 5.02 Å². The summed E-state index contributed by atoms with van der Waals surface area (Å²) in [5.41, 5.74) is 3.35. The maximum absolute atomic E-state index is 13.4. The Morgan fingerprint density at radius 2 is 1.69 bits per heavy atom. The molecule has 2 amide bonds. The summed E-state index contributed by atoms with van der Waals surface area (Å²) in [6.45, 7) is 9.88. The van der Waals surface area contributed by atoms with Crippen molar-refractivity contribution in [1.29, 1.82) is 0 Å². The molecule has 0 aliphatic carbocycles. The van der Waals surface area contributed by atoms with Gasteiger partial charge < -0.3 is 10.2 Å². The summed E-state index contributed by atoms with van der Waals surface area (Å²) >= 11 is 6.02. The summed E-state index contributed by atoms with van der Waals surface area (Å²) in [4.78, 5) is 28.0. The van der Waals surface area contributed by atoms with Crippen molar-refractivity contribution >= 4 is 39.1 Å². The third-order valence-electron chi connectivity index (χ3n) is 6.08. The van der Waals surface area contributed by atoms with E-state index in [-0.39, 0.29) is 37.4 Å². The van der Waals surface area contributed by atoms with Gasteiger partial charge in [0.15, 0.2) is 0 Å². The van der Waals surface area contributed by atoms with Crippen LogP contribution in [-0.2, 0) is 26.2 Å². The van der Waals surface area contributed by atoms with Crippen LogP contribution in [0.5, 0.6) is 0 Å². The number of aryl methyl sites for hydroxylation is 1. The average molecular weight is 536 g/mol. The van der Waals surface area contributed by atoms with Crippen LogP contribution in [-0.4, -0.2) is 50.0 Å². The molecule has 2 rings (SSSR count). The Hall–Kier alpha value is -2.58. The van der Waals surface area contributed by atoms with E-state index in [1.807, 2.05) is 58.9 Å². The van der Waals surface area contributed by atoms with Crippen molar-refractivity contribution < 1.29 is 18.0 Å². The largest absolute Gasteiger partial charge is 0.352 e. The molecule has 1 N–H and O–H groups in total. The number of sulfonamides is 1. The molecule has 0 saturated carbocycles. The summed E-state index contributed by atoms with van der Waals surface area (Å²) in [7, 11) is -3.54. The van der Waals surface area contributed by atoms with Crippen molar-refractivity contribution in [3.8, 4) is 0 Å². The maximum atomic E-state index is 13.4. The van der Waals surface area contributed by atoms with Gasteiger partial charge in [0.25, 0.3) is 0 Å². The number of carbonyl (C=O) groups is 2. The standard InChI is InChI=1S/C27H38ClN3O4S/c1-7-24(27(33)29-19(2)3)30(18-22-13-15-23(28)16-14-22)26(32)12-9-17-31(36(6,34)35)25-11-8-10-20(4)21(25)5/h8,10-11,13-16,19,24H,7,9,12,17-18H2,1-6H3,(H,29,33)/t24-/m1/s1. The molecule has 0 saturated heterocycles. The smallest absolute Gasteiger partial charge is 0.243 e. The van der Waals surface area contributed by atoms with Gasteiger partial charge >= 0.3 is 0 Å². The third-order valence-corrected chi connectivity index (χ3v) is 7.51. The molecule has 2 aromatic carbocycles. The minimum absolute atomic E-state index is 0.0556. The van der Waals surface area contributed by atoms with Crippen molar-refractivity contribution in [2.75, 3.05) is 17.1 Å². The summed E-state index contributed by atoms with van der Waals surface area (Å²) in [5, 5.41) is 3.50. The van der Waals surface area contributed by atoms with Crippen LogP contribution in [0.25, 0.3) is 0 Å². The van der Waals surface area contributed by atoms with Crippen molar-refractivity contribution in [2.45, 2.75) is 72.5 Å². The van der Waals surface area contributed by atoms with Gasteiger partial charge in [0.05, 0.1) is 11.9 Å². The zero-order valence-corrected chi connectivity index (χ0v) is 23.6. The first kappa shape index (κ1) is 29.6. The molecule has 0 heterocycles. The van der Waals surface area contributed by atoms with Gasteiger partial charge in [-0.1, -0.05) is 42.8 Å². The van der Waals surface area contributed by atoms with Gasteiger partial charge in [0.1, 0.15) is 6.04 Å². The molecule has 9 heteroatoms. The second-order valence-electron chi connectivity index (χ2n) is 9.39. The van der Waals surface area contributed by atoms with E-state index in [0.717, 1.165) is 16.7 Å². The molecule has 0 radical (unpaired) electrons. The number of carbonyl (C=O) groups excluding carboxylic acids is 2. The zero-order chi connectivity index (χ0) is 27.0. The highest BCUT2D eigenvalue weighted by atomic mass is 35.5. The van der Waals surface area contributed by atoms with Crippen molar-refractivity contribution in [3.63, 3.8) is 0 Å². The maximum Gasteiger partial charge on any atom is 0.243 e. The summed E-state index contributed by atoms with van der Waals surface area (Å²) in [6.07, 6.45) is 2.05. The van der Waals surface area contributed by atoms with Crippen LogP contribution >= 0.6 is 11.6 Å². The minimum atomic E-state index is -3.54. The van der Waals surface area contributed by atoms with E-state index in [2.05, 4.69) is 5.32 Å². The molecule has 0 spiro atoms. The van der Waals surface area contributed by atoms with Crippen LogP contribution in [0.4, 0.5) is 5.69 Å². The van der Waals surface area contributed by atoms with E-state index >= 15 is 0 Å². The summed E-state index contributed by atoms with van der Waals surface area (Å²) in [6, 6.07) is 12.0. The molecule has 2 aromatic rings. The molecule has 0 aliphatic heterocycles. The average Bonchev–Trinajstić information content (AvgIpc) is 2.78. The Labute approximate surface area is 220 Å². The first-order valence-electron chi connectivity index (χ1n) is 12.2. The van der Waals surface area contributed by atoms with Crippen LogP contribution in [0.3, 0.4) is 0 Å². The minimum Gasteiger partial charge on any atom is -0.352 e. The molecule has 0 aromatic heterocycles. The highest BCUT2D eigenvalue weighted by molar-refractivity contribution is 7.92. The zero-order valence-electron chi connectivity index (χ0n) is 22.0. The van der Waals surface area contributed by atoms with Crippen molar-refractivity contribution in [2.24, 2.45) is 0 Å². The van der Waals surface area contributed by atoms with Crippen LogP contribution in [0, 0.1) is 13.8 Å². The number of halogens is 1. The van der Waals surface area contributed by atoms with Crippen LogP contribution in [0.15, 0.2) is 42.5 Å². The number of benzene rings is 2. The second kappa shape index (κ2) is 13.1. The lowest BCUT2D eigenvalue weighted by Gasteiger charge is -2.31. The highest BCUT2D eigenvalue weighted by Crippen LogP contribution is 2.25. The number of nitrogens with zero attached hydrogens (tertiary/aromatic N) is 2. The molecule has 1 atom stereocenters. The highest BCUT2D eigenvalue weighted by Gasteiger charge is 2.29. The molecule has 0 bridgehead atoms. The molecular formula is C27H38ClN3O4S. The number of nitrogens with one attached hydrogen (secondary N) is 1. The fourth-order valence-electron chi connectivity index (χ4n) is 4.07. The molecule has 36 heavy (non-hydrogen) atoms. The molecule has 0 unspecified atom stereocenters. The van der Waals surface area contributed by atoms with Crippen molar-refractivity contribution in [1.82, 2.24) is 10.2 Å². The number of amides is 2. The Morgan fingerprint density at radius 3 is 2.25 bits per heavy atom. The fraction of sp³-hybridized carbons (Fsp3) is 0.481. The lowest BCUT2D eigenvalue weighted by atomic mass is 10.1. The van der Waals surface area contributed by atoms with Gasteiger partial charge in [-0.05, 0) is 75.4 Å². The first-order chi connectivity index (χ1) is 16.8. The predicted octanol–water partition coefficient (Wildman–Crippen LogP) is 4.84. The molecule has 198 valence electrons. The Balaban J connectivity index is 2.24. The SMILES string of the molecule is CC[C@H](C(=O)NC(C)C)N(Cc1ccc(Cl)cc1)C(=O)CCCN(c1cccc(C)c1C)S(C)(=O)=O. The fourth-order valence-corrected chi connectivity index (χ4v) is 5.22. The van der Waals surface area contributed by atoms with E-state index in [1.165, 1.54) is 10.6 Å². The Kier molecular flexibility index (Phi) is 10.8. The number of hydrogen-bond donors (Lipinski definition) is 1. The van der Waals surface area contributed by atoms with Gasteiger partial charge in [-0.3, -0.25) is 13.9 Å². The summed E-state index contributed by atoms with van der Waals surface area (Å²) < 4.78 is 26.5. The predicted molar refractivity (Wildman–Crippen MR) is 147 cm³/mol. The van der Waals surface area contributed by atoms with Gasteiger partial charge in [-0.2, -0.15) is 0 Å². The van der Waals surface area contributed by atoms with Crippen LogP contribution < -0.4 is 9.62 Å². The Bertz CT molecular complexity index is 1150. The van der Waals surface area contributed by atoms with Gasteiger partial charge in [0.2, 0.25) is 21.8 Å². The quantitative estimate of drug-likeness (QED) is 0.421. The molecule has 7 nitrogen and oxygen atoms in total. The normalized spacial score (nSPS) is 12.3. The third kappa shape index (κ3) is 8.23. The topological polar surface area (TPSA) is 86.8 Å². The molecule has 0 fully saturated rings. The second-order valence-corrected chi connectivity index (χ2v) is 11.7. The Morgan fingerprint density at radius 1 is 1.06 bits per heavy atom. The van der Waals surface area contributed by atoms with Crippen LogP contribution in [0.1, 0.15) is 56.7 Å². The van der Waals surface area contributed by atoms with E-state index < -0.39 is 16.1 Å². The monoisotopic (exact) mass is 535 g/mol. The number of anilines is 1. The first-order valence-corrected chi connectivity index (χ1v) is 14.5. The van der Waals surface area contributed by atoms with E-state index in [4.69, 9.17) is 11.6 Å². The van der Waals surface area contributed by atoms with E-state index in [9.17, 15) is 18.0 Å². The summed E-state index contributed by atoms with van der Waals surface area (Å²) in [5.74, 6) is -0.409. The lowest BCUT2D eigenvalue weighted by Crippen LogP contribution is -2.50. The van der Waals surface area contributed by atoms with Gasteiger partial charge in [-0.15, -0.1) is 0 Å². The van der Waals surface area contributed by atoms with Gasteiger partial charge in [-0.25, -0.2) is 8.42 Å². The molecular weight excluding hydrogens is 498 g/mol. The van der Waals surface area contributed by atoms with E-state index in [0.29, 0.717) is 23.6 Å². The van der Waals surface area contributed by atoms with E-state index in [1.54, 1.807) is 23.1 Å². The number of rotatable bonds is 12.